The molecular weight excluding hydrogens is 337 g/mol. The van der Waals surface area contributed by atoms with Crippen molar-refractivity contribution in [2.24, 2.45) is 0 Å². The van der Waals surface area contributed by atoms with E-state index in [-0.39, 0.29) is 12.4 Å². The Morgan fingerprint density at radius 3 is 2.12 bits per heavy atom. The molecule has 0 spiro atoms. The third kappa shape index (κ3) is 4.07. The summed E-state index contributed by atoms with van der Waals surface area (Å²) in [5.41, 5.74) is 1.06. The molecule has 0 aliphatic heterocycles. The van der Waals surface area contributed by atoms with E-state index in [9.17, 15) is 9.50 Å². The number of nitrogens with one attached hydrogen (secondary N) is 1. The molecule has 0 aliphatic carbocycles. The highest BCUT2D eigenvalue weighted by atomic mass is 35.5. The predicted molar refractivity (Wildman–Crippen MR) is 99.0 cm³/mol. The molecule has 0 radical (unpaired) electrons. The summed E-state index contributed by atoms with van der Waals surface area (Å²) < 4.78 is 13.3. The van der Waals surface area contributed by atoms with Crippen LogP contribution in [0.25, 0.3) is 0 Å². The summed E-state index contributed by atoms with van der Waals surface area (Å²) in [5.74, 6) is -0.330. The Morgan fingerprint density at radius 1 is 0.840 bits per heavy atom. The third-order valence-corrected chi connectivity index (χ3v) is 4.60. The second-order valence-electron chi connectivity index (χ2n) is 5.93. The van der Waals surface area contributed by atoms with Gasteiger partial charge in [-0.1, -0.05) is 72.3 Å². The molecule has 2 nitrogen and oxygen atoms in total. The van der Waals surface area contributed by atoms with Crippen LogP contribution in [-0.4, -0.2) is 11.7 Å². The Morgan fingerprint density at radius 2 is 1.44 bits per heavy atom. The van der Waals surface area contributed by atoms with E-state index in [4.69, 9.17) is 11.6 Å². The summed E-state index contributed by atoms with van der Waals surface area (Å²) >= 11 is 6.18. The Labute approximate surface area is 151 Å². The van der Waals surface area contributed by atoms with Gasteiger partial charge in [0.1, 0.15) is 11.4 Å². The Kier molecular flexibility index (Phi) is 5.49. The zero-order valence-corrected chi connectivity index (χ0v) is 14.4. The van der Waals surface area contributed by atoms with Crippen LogP contribution >= 0.6 is 11.6 Å². The van der Waals surface area contributed by atoms with Crippen LogP contribution in [0, 0.1) is 5.82 Å². The normalized spacial score (nSPS) is 13.4. The van der Waals surface area contributed by atoms with Crippen molar-refractivity contribution in [2.45, 2.75) is 12.1 Å². The number of halogens is 2. The van der Waals surface area contributed by atoms with Crippen molar-refractivity contribution in [1.82, 2.24) is 5.32 Å². The molecule has 3 aromatic carbocycles. The van der Waals surface area contributed by atoms with Gasteiger partial charge in [0.15, 0.2) is 0 Å². The maximum Gasteiger partial charge on any atom is 0.127 e. The van der Waals surface area contributed by atoms with Crippen LogP contribution in [0.2, 0.25) is 5.02 Å². The smallest absolute Gasteiger partial charge is 0.127 e. The molecule has 1 atom stereocenters. The minimum atomic E-state index is -1.27. The standard InChI is InChI=1S/C21H19ClFNO/c22-20-9-5-4-6-16(20)14-24-15-21(25,17-7-2-1-3-8-17)18-10-12-19(23)13-11-18/h1-13,24-25H,14-15H2/t21-/m1/s1. The lowest BCUT2D eigenvalue weighted by atomic mass is 9.86. The topological polar surface area (TPSA) is 32.3 Å². The summed E-state index contributed by atoms with van der Waals surface area (Å²) in [6.45, 7) is 0.796. The minimum Gasteiger partial charge on any atom is -0.379 e. The van der Waals surface area contributed by atoms with Crippen molar-refractivity contribution in [2.75, 3.05) is 6.54 Å². The van der Waals surface area contributed by atoms with Gasteiger partial charge in [0.2, 0.25) is 0 Å². The van der Waals surface area contributed by atoms with E-state index >= 15 is 0 Å². The highest BCUT2D eigenvalue weighted by Gasteiger charge is 2.31. The van der Waals surface area contributed by atoms with Gasteiger partial charge in [0, 0.05) is 18.1 Å². The van der Waals surface area contributed by atoms with Crippen LogP contribution in [0.1, 0.15) is 16.7 Å². The van der Waals surface area contributed by atoms with Crippen LogP contribution in [0.5, 0.6) is 0 Å². The van der Waals surface area contributed by atoms with Gasteiger partial charge in [0.25, 0.3) is 0 Å². The van der Waals surface area contributed by atoms with Crippen molar-refractivity contribution in [3.8, 4) is 0 Å². The van der Waals surface area contributed by atoms with Gasteiger partial charge in [-0.05, 0) is 34.9 Å². The molecule has 0 aliphatic rings. The molecule has 3 aromatic rings. The molecule has 0 saturated carbocycles. The van der Waals surface area contributed by atoms with Gasteiger partial charge < -0.3 is 10.4 Å². The summed E-state index contributed by atoms with van der Waals surface area (Å²) in [6, 6.07) is 22.9. The Bertz CT molecular complexity index is 823. The van der Waals surface area contributed by atoms with Crippen molar-refractivity contribution in [1.29, 1.82) is 0 Å². The summed E-state index contributed by atoms with van der Waals surface area (Å²) in [5, 5.41) is 15.3. The third-order valence-electron chi connectivity index (χ3n) is 4.23. The van der Waals surface area contributed by atoms with E-state index in [1.165, 1.54) is 12.1 Å². The molecule has 0 unspecified atom stereocenters. The zero-order chi connectivity index (χ0) is 17.7. The van der Waals surface area contributed by atoms with Gasteiger partial charge in [-0.3, -0.25) is 0 Å². The molecule has 25 heavy (non-hydrogen) atoms. The number of rotatable bonds is 6. The molecule has 2 N–H and O–H groups in total. The maximum absolute atomic E-state index is 13.3. The van der Waals surface area contributed by atoms with E-state index in [2.05, 4.69) is 5.32 Å². The first-order valence-electron chi connectivity index (χ1n) is 8.08. The fourth-order valence-electron chi connectivity index (χ4n) is 2.83. The van der Waals surface area contributed by atoms with Crippen LogP contribution in [-0.2, 0) is 12.1 Å². The summed E-state index contributed by atoms with van der Waals surface area (Å²) in [7, 11) is 0. The van der Waals surface area contributed by atoms with E-state index in [1.54, 1.807) is 12.1 Å². The first-order chi connectivity index (χ1) is 12.1. The van der Waals surface area contributed by atoms with Crippen LogP contribution in [0.3, 0.4) is 0 Å². The zero-order valence-electron chi connectivity index (χ0n) is 13.6. The van der Waals surface area contributed by atoms with Crippen LogP contribution in [0.15, 0.2) is 78.9 Å². The average molecular weight is 356 g/mol. The lowest BCUT2D eigenvalue weighted by Gasteiger charge is -2.30. The number of hydrogen-bond acceptors (Lipinski definition) is 2. The average Bonchev–Trinajstić information content (AvgIpc) is 2.64. The van der Waals surface area contributed by atoms with Crippen molar-refractivity contribution in [3.05, 3.63) is 106 Å². The second-order valence-corrected chi connectivity index (χ2v) is 6.34. The van der Waals surface area contributed by atoms with Gasteiger partial charge in [-0.15, -0.1) is 0 Å². The van der Waals surface area contributed by atoms with Crippen LogP contribution < -0.4 is 5.32 Å². The molecule has 0 fully saturated rings. The highest BCUT2D eigenvalue weighted by molar-refractivity contribution is 6.31. The molecule has 128 valence electrons. The van der Waals surface area contributed by atoms with Crippen molar-refractivity contribution < 1.29 is 9.50 Å². The van der Waals surface area contributed by atoms with Gasteiger partial charge >= 0.3 is 0 Å². The molecule has 0 heterocycles. The molecular formula is C21H19ClFNO. The Balaban J connectivity index is 1.84. The number of hydrogen-bond donors (Lipinski definition) is 2. The SMILES string of the molecule is O[C@](CNCc1ccccc1Cl)(c1ccccc1)c1ccc(F)cc1. The van der Waals surface area contributed by atoms with Crippen molar-refractivity contribution in [3.63, 3.8) is 0 Å². The number of benzene rings is 3. The first-order valence-corrected chi connectivity index (χ1v) is 8.45. The second kappa shape index (κ2) is 7.79. The quantitative estimate of drug-likeness (QED) is 0.682. The fourth-order valence-corrected chi connectivity index (χ4v) is 3.03. The largest absolute Gasteiger partial charge is 0.379 e. The van der Waals surface area contributed by atoms with Gasteiger partial charge in [-0.2, -0.15) is 0 Å². The van der Waals surface area contributed by atoms with E-state index < -0.39 is 5.60 Å². The van der Waals surface area contributed by atoms with E-state index in [0.29, 0.717) is 17.1 Å². The predicted octanol–water partition coefficient (Wildman–Crippen LogP) is 4.50. The molecule has 0 saturated heterocycles. The lowest BCUT2D eigenvalue weighted by molar-refractivity contribution is 0.0795. The Hall–Kier alpha value is -2.20. The molecule has 3 rings (SSSR count). The first kappa shape index (κ1) is 17.6. The lowest BCUT2D eigenvalue weighted by Crippen LogP contribution is -2.39. The van der Waals surface area contributed by atoms with Crippen LogP contribution in [0.4, 0.5) is 4.39 Å². The van der Waals surface area contributed by atoms with Gasteiger partial charge in [-0.25, -0.2) is 4.39 Å². The van der Waals surface area contributed by atoms with E-state index in [1.807, 2.05) is 54.6 Å². The highest BCUT2D eigenvalue weighted by Crippen LogP contribution is 2.29. The fraction of sp³-hybridized carbons (Fsp3) is 0.143. The molecule has 0 amide bonds. The summed E-state index contributed by atoms with van der Waals surface area (Å²) in [4.78, 5) is 0. The summed E-state index contributed by atoms with van der Waals surface area (Å²) in [6.07, 6.45) is 0. The minimum absolute atomic E-state index is 0.272. The molecule has 0 aromatic heterocycles. The molecule has 0 bridgehead atoms. The van der Waals surface area contributed by atoms with E-state index in [0.717, 1.165) is 11.1 Å². The maximum atomic E-state index is 13.3. The molecule has 4 heteroatoms. The monoisotopic (exact) mass is 355 g/mol. The number of aliphatic hydroxyl groups is 1. The van der Waals surface area contributed by atoms with Gasteiger partial charge in [0.05, 0.1) is 0 Å². The van der Waals surface area contributed by atoms with Crippen molar-refractivity contribution >= 4 is 11.6 Å².